The van der Waals surface area contributed by atoms with Gasteiger partial charge in [-0.15, -0.1) is 0 Å². The van der Waals surface area contributed by atoms with Crippen molar-refractivity contribution in [2.24, 2.45) is 23.7 Å². The summed E-state index contributed by atoms with van der Waals surface area (Å²) in [6.45, 7) is 3.09. The number of carbonyl (C=O) groups is 1. The van der Waals surface area contributed by atoms with E-state index in [1.54, 1.807) is 0 Å². The molecule has 0 aromatic heterocycles. The third-order valence-electron chi connectivity index (χ3n) is 5.88. The molecule has 158 valence electrons. The third kappa shape index (κ3) is 8.19. The predicted molar refractivity (Wildman–Crippen MR) is 110 cm³/mol. The number of aliphatic hydroxyl groups is 1. The predicted octanol–water partition coefficient (Wildman–Crippen LogP) is 4.34. The highest BCUT2D eigenvalue weighted by Gasteiger charge is 2.31. The molecule has 2 aliphatic carbocycles. The molecular weight excluding hydrogens is 356 g/mol. The lowest BCUT2D eigenvalue weighted by Gasteiger charge is -2.23. The van der Waals surface area contributed by atoms with Crippen LogP contribution < -0.4 is 0 Å². The Hall–Kier alpha value is -1.59. The molecule has 5 heteroatoms. The molecule has 0 saturated heterocycles. The van der Waals surface area contributed by atoms with Gasteiger partial charge in [-0.25, -0.2) is 4.79 Å². The number of carboxylic acids is 1. The summed E-state index contributed by atoms with van der Waals surface area (Å²) in [7, 11) is 0. The standard InChI is InChI=1S/C23H36O5/c1-18-10-12-20(7-5-6-14-28-21-8-3-2-4-9-21)22(18)13-11-19(15-24)16-27-17-23(25)26/h3,5,7-9,18-20,22,24H,2,4,6,10-17H2,1H3,(H,25,26)/b7-5+/t18?,19-,20-,22-/m0/s1. The van der Waals surface area contributed by atoms with Crippen LogP contribution in [0.25, 0.3) is 0 Å². The second-order valence-electron chi connectivity index (χ2n) is 8.07. The summed E-state index contributed by atoms with van der Waals surface area (Å²) in [6.07, 6.45) is 18.5. The Morgan fingerprint density at radius 1 is 1.36 bits per heavy atom. The fraction of sp³-hybridized carbons (Fsp3) is 0.696. The molecule has 0 aliphatic heterocycles. The molecule has 0 bridgehead atoms. The molecule has 0 aromatic rings. The van der Waals surface area contributed by atoms with Crippen LogP contribution in [-0.4, -0.2) is 42.6 Å². The summed E-state index contributed by atoms with van der Waals surface area (Å²) in [4.78, 5) is 10.5. The average molecular weight is 393 g/mol. The van der Waals surface area contributed by atoms with Crippen molar-refractivity contribution in [2.75, 3.05) is 26.4 Å². The van der Waals surface area contributed by atoms with Gasteiger partial charge in [0.25, 0.3) is 0 Å². The van der Waals surface area contributed by atoms with Crippen molar-refractivity contribution >= 4 is 5.97 Å². The second kappa shape index (κ2) is 12.8. The van der Waals surface area contributed by atoms with Gasteiger partial charge in [-0.1, -0.05) is 25.2 Å². The molecule has 2 N–H and O–H groups in total. The highest BCUT2D eigenvalue weighted by molar-refractivity contribution is 5.67. The summed E-state index contributed by atoms with van der Waals surface area (Å²) in [5, 5.41) is 18.2. The van der Waals surface area contributed by atoms with E-state index in [0.717, 1.165) is 37.9 Å². The number of carboxylic acid groups (broad SMARTS) is 1. The Morgan fingerprint density at radius 2 is 2.21 bits per heavy atom. The lowest BCUT2D eigenvalue weighted by atomic mass is 9.84. The lowest BCUT2D eigenvalue weighted by molar-refractivity contribution is -0.142. The normalized spacial score (nSPS) is 25.8. The highest BCUT2D eigenvalue weighted by Crippen LogP contribution is 2.41. The van der Waals surface area contributed by atoms with Gasteiger partial charge in [-0.3, -0.25) is 0 Å². The van der Waals surface area contributed by atoms with Crippen LogP contribution in [0.2, 0.25) is 0 Å². The number of aliphatic hydroxyl groups excluding tert-OH is 1. The van der Waals surface area contributed by atoms with E-state index < -0.39 is 5.97 Å². The summed E-state index contributed by atoms with van der Waals surface area (Å²) in [5.41, 5.74) is 0. The van der Waals surface area contributed by atoms with Crippen LogP contribution in [0.4, 0.5) is 0 Å². The first-order valence-electron chi connectivity index (χ1n) is 10.7. The third-order valence-corrected chi connectivity index (χ3v) is 5.88. The summed E-state index contributed by atoms with van der Waals surface area (Å²) < 4.78 is 10.9. The molecule has 0 amide bonds. The zero-order chi connectivity index (χ0) is 20.2. The van der Waals surface area contributed by atoms with Crippen LogP contribution in [0, 0.1) is 23.7 Å². The van der Waals surface area contributed by atoms with Crippen molar-refractivity contribution in [3.05, 3.63) is 36.1 Å². The zero-order valence-electron chi connectivity index (χ0n) is 17.1. The quantitative estimate of drug-likeness (QED) is 0.360. The van der Waals surface area contributed by atoms with E-state index >= 15 is 0 Å². The number of aliphatic carboxylic acids is 1. The Morgan fingerprint density at radius 3 is 2.93 bits per heavy atom. The van der Waals surface area contributed by atoms with Gasteiger partial charge in [0.05, 0.1) is 13.2 Å². The van der Waals surface area contributed by atoms with Crippen LogP contribution in [0.5, 0.6) is 0 Å². The monoisotopic (exact) mass is 392 g/mol. The van der Waals surface area contributed by atoms with Gasteiger partial charge in [0.1, 0.15) is 12.4 Å². The molecule has 0 spiro atoms. The maximum atomic E-state index is 10.5. The largest absolute Gasteiger partial charge is 0.494 e. The summed E-state index contributed by atoms with van der Waals surface area (Å²) >= 11 is 0. The van der Waals surface area contributed by atoms with Crippen molar-refractivity contribution in [3.8, 4) is 0 Å². The summed E-state index contributed by atoms with van der Waals surface area (Å²) in [6, 6.07) is 0. The molecular formula is C23H36O5. The summed E-state index contributed by atoms with van der Waals surface area (Å²) in [5.74, 6) is 1.93. The fourth-order valence-electron chi connectivity index (χ4n) is 4.22. The topological polar surface area (TPSA) is 76.0 Å². The van der Waals surface area contributed by atoms with Crippen LogP contribution in [0.1, 0.15) is 51.9 Å². The van der Waals surface area contributed by atoms with Crippen LogP contribution in [0.15, 0.2) is 36.1 Å². The Bertz CT molecular complexity index is 551. The van der Waals surface area contributed by atoms with E-state index in [0.29, 0.717) is 31.0 Å². The van der Waals surface area contributed by atoms with Crippen LogP contribution in [0.3, 0.4) is 0 Å². The van der Waals surface area contributed by atoms with Crippen molar-refractivity contribution in [1.29, 1.82) is 0 Å². The fourth-order valence-corrected chi connectivity index (χ4v) is 4.22. The number of hydrogen-bond acceptors (Lipinski definition) is 4. The average Bonchev–Trinajstić information content (AvgIpc) is 3.04. The van der Waals surface area contributed by atoms with Crippen molar-refractivity contribution in [2.45, 2.75) is 51.9 Å². The molecule has 5 nitrogen and oxygen atoms in total. The van der Waals surface area contributed by atoms with E-state index in [9.17, 15) is 9.90 Å². The van der Waals surface area contributed by atoms with Gasteiger partial charge in [0.2, 0.25) is 0 Å². The van der Waals surface area contributed by atoms with Gasteiger partial charge < -0.3 is 19.7 Å². The number of rotatable bonds is 13. The van der Waals surface area contributed by atoms with E-state index in [1.807, 2.05) is 0 Å². The first kappa shape index (κ1) is 22.7. The van der Waals surface area contributed by atoms with Gasteiger partial charge in [-0.05, 0) is 74.9 Å². The minimum absolute atomic E-state index is 0.0157. The number of hydrogen-bond donors (Lipinski definition) is 2. The molecule has 1 saturated carbocycles. The Kier molecular flexibility index (Phi) is 10.4. The molecule has 1 fully saturated rings. The van der Waals surface area contributed by atoms with Gasteiger partial charge in [0.15, 0.2) is 0 Å². The number of allylic oxidation sites excluding steroid dienone is 4. The Labute approximate surface area is 169 Å². The van der Waals surface area contributed by atoms with E-state index in [-0.39, 0.29) is 19.1 Å². The van der Waals surface area contributed by atoms with Gasteiger partial charge in [-0.2, -0.15) is 0 Å². The van der Waals surface area contributed by atoms with E-state index in [1.165, 1.54) is 12.8 Å². The molecule has 1 unspecified atom stereocenters. The molecule has 0 radical (unpaired) electrons. The molecule has 2 rings (SSSR count). The van der Waals surface area contributed by atoms with E-state index in [4.69, 9.17) is 14.6 Å². The van der Waals surface area contributed by atoms with Crippen molar-refractivity contribution < 1.29 is 24.5 Å². The SMILES string of the molecule is CC1CC[C@H](/C=C/CCOC2=CCCC=C2)[C@H]1CC[C@@H](CO)COCC(=O)O. The highest BCUT2D eigenvalue weighted by atomic mass is 16.5. The lowest BCUT2D eigenvalue weighted by Crippen LogP contribution is -2.20. The second-order valence-corrected chi connectivity index (χ2v) is 8.07. The molecule has 2 aliphatic rings. The van der Waals surface area contributed by atoms with Crippen molar-refractivity contribution in [1.82, 2.24) is 0 Å². The van der Waals surface area contributed by atoms with Gasteiger partial charge >= 0.3 is 5.97 Å². The van der Waals surface area contributed by atoms with E-state index in [2.05, 4.69) is 37.3 Å². The maximum absolute atomic E-state index is 10.5. The minimum Gasteiger partial charge on any atom is -0.494 e. The Balaban J connectivity index is 1.70. The van der Waals surface area contributed by atoms with Crippen LogP contribution in [-0.2, 0) is 14.3 Å². The number of ether oxygens (including phenoxy) is 2. The molecule has 4 atom stereocenters. The smallest absolute Gasteiger partial charge is 0.329 e. The first-order valence-corrected chi connectivity index (χ1v) is 10.7. The molecule has 28 heavy (non-hydrogen) atoms. The minimum atomic E-state index is -0.967. The molecule has 0 aromatic carbocycles. The maximum Gasteiger partial charge on any atom is 0.329 e. The zero-order valence-corrected chi connectivity index (χ0v) is 17.1. The first-order chi connectivity index (χ1) is 13.6. The van der Waals surface area contributed by atoms with Crippen molar-refractivity contribution in [3.63, 3.8) is 0 Å². The van der Waals surface area contributed by atoms with Gasteiger partial charge in [0, 0.05) is 12.5 Å². The molecule has 0 heterocycles. The van der Waals surface area contributed by atoms with Crippen LogP contribution >= 0.6 is 0 Å².